The molecule has 0 spiro atoms. The van der Waals surface area contributed by atoms with E-state index >= 15 is 0 Å². The van der Waals surface area contributed by atoms with Crippen LogP contribution in [0.15, 0.2) is 21.3 Å². The van der Waals surface area contributed by atoms with Crippen LogP contribution in [0, 0.1) is 6.92 Å². The number of rotatable bonds is 1. The maximum Gasteiger partial charge on any atom is 0.441 e. The molecule has 0 amide bonds. The molecule has 0 atom stereocenters. The molecule has 0 aliphatic rings. The lowest BCUT2D eigenvalue weighted by molar-refractivity contribution is 0.477. The summed E-state index contributed by atoms with van der Waals surface area (Å²) in [5.74, 6) is -0.379. The van der Waals surface area contributed by atoms with Gasteiger partial charge in [-0.2, -0.15) is 4.68 Å². The highest BCUT2D eigenvalue weighted by Gasteiger charge is 2.13. The lowest BCUT2D eigenvalue weighted by Gasteiger charge is -2.05. The minimum absolute atomic E-state index is 0.169. The quantitative estimate of drug-likeness (QED) is 0.796. The normalized spacial score (nSPS) is 10.7. The van der Waals surface area contributed by atoms with Crippen LogP contribution in [0.25, 0.3) is 5.69 Å². The average molecular weight is 260 g/mol. The van der Waals surface area contributed by atoms with Crippen LogP contribution in [0.1, 0.15) is 5.89 Å². The molecule has 0 saturated heterocycles. The Bertz CT molecular complexity index is 603. The summed E-state index contributed by atoms with van der Waals surface area (Å²) in [5.41, 5.74) is 6.18. The Morgan fingerprint density at radius 2 is 2.12 bits per heavy atom. The molecule has 0 unspecified atom stereocenters. The summed E-state index contributed by atoms with van der Waals surface area (Å²) in [6, 6.07) is 3.08. The van der Waals surface area contributed by atoms with Crippen molar-refractivity contribution in [2.45, 2.75) is 6.92 Å². The van der Waals surface area contributed by atoms with E-state index in [1.807, 2.05) is 0 Å². The summed E-state index contributed by atoms with van der Waals surface area (Å²) in [7, 11) is 0. The zero-order chi connectivity index (χ0) is 11.9. The van der Waals surface area contributed by atoms with Crippen LogP contribution in [0.2, 0.25) is 10.0 Å². The fourth-order valence-corrected chi connectivity index (χ4v) is 1.70. The lowest BCUT2D eigenvalue weighted by atomic mass is 10.3. The lowest BCUT2D eigenvalue weighted by Crippen LogP contribution is -2.14. The number of nitrogens with two attached hydrogens (primary N) is 1. The highest BCUT2D eigenvalue weighted by Crippen LogP contribution is 2.31. The fraction of sp³-hybridized carbons (Fsp3) is 0.111. The first-order valence-corrected chi connectivity index (χ1v) is 5.07. The van der Waals surface area contributed by atoms with Gasteiger partial charge in [-0.05, 0) is 12.1 Å². The predicted molar refractivity (Wildman–Crippen MR) is 61.3 cm³/mol. The minimum atomic E-state index is -0.624. The van der Waals surface area contributed by atoms with Gasteiger partial charge < -0.3 is 10.2 Å². The molecule has 1 aromatic heterocycles. The minimum Gasteiger partial charge on any atom is -0.396 e. The number of anilines is 1. The van der Waals surface area contributed by atoms with Crippen molar-refractivity contribution in [3.05, 3.63) is 38.6 Å². The van der Waals surface area contributed by atoms with Crippen molar-refractivity contribution in [1.29, 1.82) is 0 Å². The third kappa shape index (κ3) is 1.68. The Hall–Kier alpha value is -1.46. The fourth-order valence-electron chi connectivity index (χ4n) is 1.25. The Labute approximate surface area is 100 Å². The molecule has 0 radical (unpaired) electrons. The van der Waals surface area contributed by atoms with Gasteiger partial charge in [0.15, 0.2) is 0 Å². The monoisotopic (exact) mass is 259 g/mol. The van der Waals surface area contributed by atoms with E-state index in [1.54, 1.807) is 13.0 Å². The van der Waals surface area contributed by atoms with Crippen molar-refractivity contribution >= 4 is 28.9 Å². The van der Waals surface area contributed by atoms with Crippen molar-refractivity contribution in [2.75, 3.05) is 5.73 Å². The van der Waals surface area contributed by atoms with Gasteiger partial charge in [0.25, 0.3) is 0 Å². The van der Waals surface area contributed by atoms with E-state index in [9.17, 15) is 4.79 Å². The molecule has 7 heteroatoms. The topological polar surface area (TPSA) is 74.1 Å². The van der Waals surface area contributed by atoms with Gasteiger partial charge in [-0.1, -0.05) is 23.2 Å². The maximum absolute atomic E-state index is 11.4. The molecule has 2 rings (SSSR count). The van der Waals surface area contributed by atoms with Crippen molar-refractivity contribution in [1.82, 2.24) is 9.78 Å². The molecule has 16 heavy (non-hydrogen) atoms. The van der Waals surface area contributed by atoms with Crippen LogP contribution in [-0.4, -0.2) is 9.78 Å². The molecule has 0 aliphatic carbocycles. The SMILES string of the molecule is Cc1nn(-c2ccc(Cl)c(N)c2Cl)c(=O)o1. The van der Waals surface area contributed by atoms with Gasteiger partial charge >= 0.3 is 5.76 Å². The summed E-state index contributed by atoms with van der Waals surface area (Å²) >= 11 is 11.7. The molecule has 0 saturated carbocycles. The largest absolute Gasteiger partial charge is 0.441 e. The van der Waals surface area contributed by atoms with Gasteiger partial charge in [0, 0.05) is 6.92 Å². The smallest absolute Gasteiger partial charge is 0.396 e. The van der Waals surface area contributed by atoms with Crippen molar-refractivity contribution < 1.29 is 4.42 Å². The number of aromatic nitrogens is 2. The van der Waals surface area contributed by atoms with Gasteiger partial charge in [0.2, 0.25) is 5.89 Å². The molecular weight excluding hydrogens is 253 g/mol. The number of aryl methyl sites for hydroxylation is 1. The van der Waals surface area contributed by atoms with Crippen LogP contribution < -0.4 is 11.5 Å². The summed E-state index contributed by atoms with van der Waals surface area (Å²) in [5, 5.41) is 4.36. The number of nitrogen functional groups attached to an aromatic ring is 1. The van der Waals surface area contributed by atoms with Crippen molar-refractivity contribution in [3.8, 4) is 5.69 Å². The van der Waals surface area contributed by atoms with Gasteiger partial charge in [-0.3, -0.25) is 0 Å². The van der Waals surface area contributed by atoms with Crippen LogP contribution in [0.3, 0.4) is 0 Å². The molecule has 1 aromatic carbocycles. The molecule has 1 heterocycles. The van der Waals surface area contributed by atoms with E-state index in [2.05, 4.69) is 5.10 Å². The zero-order valence-corrected chi connectivity index (χ0v) is 9.71. The Kier molecular flexibility index (Phi) is 2.65. The van der Waals surface area contributed by atoms with E-state index in [1.165, 1.54) is 6.07 Å². The molecule has 2 N–H and O–H groups in total. The molecule has 0 bridgehead atoms. The van der Waals surface area contributed by atoms with E-state index in [0.29, 0.717) is 10.7 Å². The van der Waals surface area contributed by atoms with Crippen LogP contribution in [0.4, 0.5) is 5.69 Å². The third-order valence-corrected chi connectivity index (χ3v) is 2.71. The van der Waals surface area contributed by atoms with Crippen LogP contribution in [0.5, 0.6) is 0 Å². The van der Waals surface area contributed by atoms with E-state index in [0.717, 1.165) is 4.68 Å². The second-order valence-corrected chi connectivity index (χ2v) is 3.88. The summed E-state index contributed by atoms with van der Waals surface area (Å²) in [6.07, 6.45) is 0. The van der Waals surface area contributed by atoms with Gasteiger partial charge in [-0.15, -0.1) is 5.10 Å². The van der Waals surface area contributed by atoms with Gasteiger partial charge in [0.1, 0.15) is 0 Å². The molecule has 0 aliphatic heterocycles. The maximum atomic E-state index is 11.4. The highest BCUT2D eigenvalue weighted by molar-refractivity contribution is 6.40. The predicted octanol–water partition coefficient (Wildman–Crippen LogP) is 2.02. The summed E-state index contributed by atoms with van der Waals surface area (Å²) in [6.45, 7) is 1.56. The molecule has 84 valence electrons. The first-order chi connectivity index (χ1) is 7.50. The second kappa shape index (κ2) is 3.84. The zero-order valence-electron chi connectivity index (χ0n) is 8.20. The first-order valence-electron chi connectivity index (χ1n) is 4.31. The van der Waals surface area contributed by atoms with E-state index < -0.39 is 5.76 Å². The third-order valence-electron chi connectivity index (χ3n) is 1.98. The standard InChI is InChI=1S/C9H7Cl2N3O2/c1-4-13-14(9(15)16-4)6-3-2-5(10)8(12)7(6)11/h2-3H,12H2,1H3. The van der Waals surface area contributed by atoms with Crippen LogP contribution >= 0.6 is 23.2 Å². The van der Waals surface area contributed by atoms with Gasteiger partial charge in [0.05, 0.1) is 21.4 Å². The van der Waals surface area contributed by atoms with Crippen LogP contribution in [-0.2, 0) is 0 Å². The number of hydrogen-bond donors (Lipinski definition) is 1. The number of halogens is 2. The summed E-state index contributed by atoms with van der Waals surface area (Å²) < 4.78 is 5.79. The number of hydrogen-bond acceptors (Lipinski definition) is 4. The summed E-state index contributed by atoms with van der Waals surface area (Å²) in [4.78, 5) is 11.4. The average Bonchev–Trinajstić information content (AvgIpc) is 2.55. The Morgan fingerprint density at radius 1 is 1.44 bits per heavy atom. The Morgan fingerprint density at radius 3 is 2.69 bits per heavy atom. The van der Waals surface area contributed by atoms with E-state index in [4.69, 9.17) is 33.4 Å². The van der Waals surface area contributed by atoms with Gasteiger partial charge in [-0.25, -0.2) is 4.79 Å². The molecule has 0 fully saturated rings. The molecule has 2 aromatic rings. The number of benzene rings is 1. The Balaban J connectivity index is 2.70. The number of nitrogens with zero attached hydrogens (tertiary/aromatic N) is 2. The molecular formula is C9H7Cl2N3O2. The highest BCUT2D eigenvalue weighted by atomic mass is 35.5. The second-order valence-electron chi connectivity index (χ2n) is 3.09. The van der Waals surface area contributed by atoms with Crippen molar-refractivity contribution in [2.24, 2.45) is 0 Å². The van der Waals surface area contributed by atoms with Crippen molar-refractivity contribution in [3.63, 3.8) is 0 Å². The van der Waals surface area contributed by atoms with E-state index in [-0.39, 0.29) is 16.6 Å². The molecule has 5 nitrogen and oxygen atoms in total. The first kappa shape index (κ1) is 11.0.